The van der Waals surface area contributed by atoms with Gasteiger partial charge < -0.3 is 10.2 Å². The van der Waals surface area contributed by atoms with Gasteiger partial charge in [-0.15, -0.1) is 0 Å². The minimum Gasteiger partial charge on any atom is -0.326 e. The van der Waals surface area contributed by atoms with Crippen LogP contribution >= 0.6 is 0 Å². The fraction of sp³-hybridized carbons (Fsp3) is 0.333. The van der Waals surface area contributed by atoms with E-state index in [0.717, 1.165) is 17.7 Å². The van der Waals surface area contributed by atoms with Crippen molar-refractivity contribution in [3.05, 3.63) is 59.7 Å². The minimum absolute atomic E-state index is 0.0711. The van der Waals surface area contributed by atoms with Crippen molar-refractivity contribution < 1.29 is 9.59 Å². The van der Waals surface area contributed by atoms with Gasteiger partial charge in [0.1, 0.15) is 6.42 Å². The maximum absolute atomic E-state index is 12.5. The van der Waals surface area contributed by atoms with Crippen molar-refractivity contribution in [3.63, 3.8) is 0 Å². The van der Waals surface area contributed by atoms with Crippen LogP contribution in [-0.4, -0.2) is 18.4 Å². The smallest absolute Gasteiger partial charge is 0.236 e. The van der Waals surface area contributed by atoms with E-state index in [4.69, 9.17) is 0 Å². The second kappa shape index (κ2) is 6.71. The number of benzene rings is 2. The topological polar surface area (TPSA) is 49.4 Å². The molecule has 0 saturated carbocycles. The first kappa shape index (κ1) is 17.2. The molecule has 1 aliphatic rings. The zero-order chi connectivity index (χ0) is 18.0. The van der Waals surface area contributed by atoms with Crippen LogP contribution in [0.1, 0.15) is 38.3 Å². The summed E-state index contributed by atoms with van der Waals surface area (Å²) in [6.45, 7) is 7.08. The van der Waals surface area contributed by atoms with Gasteiger partial charge in [0.25, 0.3) is 0 Å². The lowest BCUT2D eigenvalue weighted by Crippen LogP contribution is -2.32. The number of rotatable bonds is 3. The molecule has 0 fully saturated rings. The van der Waals surface area contributed by atoms with Crippen LogP contribution in [-0.2, 0) is 21.4 Å². The Hall–Kier alpha value is -2.62. The maximum atomic E-state index is 12.5. The van der Waals surface area contributed by atoms with Gasteiger partial charge in [-0.2, -0.15) is 0 Å². The summed E-state index contributed by atoms with van der Waals surface area (Å²) >= 11 is 0. The Kier molecular flexibility index (Phi) is 4.62. The van der Waals surface area contributed by atoms with Crippen molar-refractivity contribution in [2.75, 3.05) is 16.8 Å². The number of hydrogen-bond donors (Lipinski definition) is 1. The highest BCUT2D eigenvalue weighted by Crippen LogP contribution is 2.28. The largest absolute Gasteiger partial charge is 0.326 e. The van der Waals surface area contributed by atoms with Crippen molar-refractivity contribution in [1.82, 2.24) is 0 Å². The van der Waals surface area contributed by atoms with Crippen LogP contribution in [0, 0.1) is 0 Å². The first-order valence-corrected chi connectivity index (χ1v) is 8.63. The van der Waals surface area contributed by atoms with E-state index in [-0.39, 0.29) is 23.7 Å². The van der Waals surface area contributed by atoms with Crippen LogP contribution in [0.5, 0.6) is 0 Å². The van der Waals surface area contributed by atoms with E-state index in [9.17, 15) is 9.59 Å². The lowest BCUT2D eigenvalue weighted by atomic mass is 9.87. The highest BCUT2D eigenvalue weighted by molar-refractivity contribution is 6.09. The van der Waals surface area contributed by atoms with Crippen LogP contribution in [0.4, 0.5) is 11.4 Å². The van der Waals surface area contributed by atoms with Crippen molar-refractivity contribution in [2.24, 2.45) is 0 Å². The molecule has 25 heavy (non-hydrogen) atoms. The number of nitrogens with one attached hydrogen (secondary N) is 1. The zero-order valence-electron chi connectivity index (χ0n) is 15.0. The van der Waals surface area contributed by atoms with Crippen LogP contribution in [0.3, 0.4) is 0 Å². The normalized spacial score (nSPS) is 13.5. The van der Waals surface area contributed by atoms with E-state index < -0.39 is 0 Å². The van der Waals surface area contributed by atoms with Gasteiger partial charge in [-0.25, -0.2) is 0 Å². The molecule has 0 atom stereocenters. The van der Waals surface area contributed by atoms with Gasteiger partial charge >= 0.3 is 0 Å². The van der Waals surface area contributed by atoms with Crippen molar-refractivity contribution in [1.29, 1.82) is 0 Å². The average molecular weight is 336 g/mol. The first-order valence-electron chi connectivity index (χ1n) is 8.63. The Bertz CT molecular complexity index is 788. The summed E-state index contributed by atoms with van der Waals surface area (Å²) in [5, 5.41) is 2.81. The highest BCUT2D eigenvalue weighted by atomic mass is 16.2. The molecule has 130 valence electrons. The van der Waals surface area contributed by atoms with Gasteiger partial charge in [0.15, 0.2) is 0 Å². The van der Waals surface area contributed by atoms with Crippen LogP contribution in [0.15, 0.2) is 48.5 Å². The monoisotopic (exact) mass is 336 g/mol. The van der Waals surface area contributed by atoms with Gasteiger partial charge in [0, 0.05) is 17.9 Å². The fourth-order valence-electron chi connectivity index (χ4n) is 3.09. The number of anilines is 2. The molecule has 1 N–H and O–H groups in total. The summed E-state index contributed by atoms with van der Waals surface area (Å²) in [6.07, 6.45) is 0.702. The lowest BCUT2D eigenvalue weighted by molar-refractivity contribution is -0.125. The fourth-order valence-corrected chi connectivity index (χ4v) is 3.09. The number of fused-ring (bicyclic) bond motifs is 1. The molecule has 0 aromatic heterocycles. The van der Waals surface area contributed by atoms with Gasteiger partial charge in [-0.05, 0) is 41.2 Å². The second-order valence-electron chi connectivity index (χ2n) is 7.48. The molecular weight excluding hydrogens is 312 g/mol. The molecule has 4 nitrogen and oxygen atoms in total. The van der Waals surface area contributed by atoms with E-state index in [0.29, 0.717) is 12.2 Å². The van der Waals surface area contributed by atoms with Gasteiger partial charge in [-0.3, -0.25) is 9.59 Å². The lowest BCUT2D eigenvalue weighted by Gasteiger charge is -2.19. The summed E-state index contributed by atoms with van der Waals surface area (Å²) in [7, 11) is 0. The van der Waals surface area contributed by atoms with Gasteiger partial charge in [-0.1, -0.05) is 51.1 Å². The SMILES string of the molecule is CC(C)(C)c1ccc(NC(=O)CC(=O)N2CCc3ccccc32)cc1. The Morgan fingerprint density at radius 3 is 2.40 bits per heavy atom. The number of para-hydroxylation sites is 1. The van der Waals surface area contributed by atoms with E-state index >= 15 is 0 Å². The summed E-state index contributed by atoms with van der Waals surface area (Å²) in [6, 6.07) is 15.6. The molecule has 0 unspecified atom stereocenters. The molecule has 0 radical (unpaired) electrons. The third kappa shape index (κ3) is 3.90. The number of carbonyl (C=O) groups is 2. The predicted octanol–water partition coefficient (Wildman–Crippen LogP) is 3.90. The molecule has 0 saturated heterocycles. The second-order valence-corrected chi connectivity index (χ2v) is 7.48. The van der Waals surface area contributed by atoms with Crippen LogP contribution in [0.2, 0.25) is 0 Å². The predicted molar refractivity (Wildman–Crippen MR) is 101 cm³/mol. The third-order valence-corrected chi connectivity index (χ3v) is 4.53. The van der Waals surface area contributed by atoms with E-state index in [1.165, 1.54) is 5.56 Å². The van der Waals surface area contributed by atoms with E-state index in [2.05, 4.69) is 26.1 Å². The maximum Gasteiger partial charge on any atom is 0.236 e. The summed E-state index contributed by atoms with van der Waals surface area (Å²) in [4.78, 5) is 26.4. The molecular formula is C21H24N2O2. The number of hydrogen-bond acceptors (Lipinski definition) is 2. The average Bonchev–Trinajstić information content (AvgIpc) is 2.98. The molecule has 2 aromatic rings. The molecule has 2 amide bonds. The zero-order valence-corrected chi connectivity index (χ0v) is 15.0. The molecule has 0 spiro atoms. The molecule has 2 aromatic carbocycles. The molecule has 0 aliphatic carbocycles. The molecule has 3 rings (SSSR count). The van der Waals surface area contributed by atoms with Crippen LogP contribution < -0.4 is 10.2 Å². The highest BCUT2D eigenvalue weighted by Gasteiger charge is 2.25. The van der Waals surface area contributed by atoms with Gasteiger partial charge in [0.05, 0.1) is 0 Å². The quantitative estimate of drug-likeness (QED) is 0.864. The Balaban J connectivity index is 1.60. The number of carbonyl (C=O) groups excluding carboxylic acids is 2. The molecule has 1 heterocycles. The number of amides is 2. The van der Waals surface area contributed by atoms with Crippen molar-refractivity contribution in [3.8, 4) is 0 Å². The Morgan fingerprint density at radius 2 is 1.72 bits per heavy atom. The van der Waals surface area contributed by atoms with Crippen LogP contribution in [0.25, 0.3) is 0 Å². The summed E-state index contributed by atoms with van der Waals surface area (Å²) < 4.78 is 0. The van der Waals surface area contributed by atoms with Crippen molar-refractivity contribution in [2.45, 2.75) is 39.0 Å². The summed E-state index contributed by atoms with van der Waals surface area (Å²) in [5.41, 5.74) is 4.08. The number of nitrogens with zero attached hydrogens (tertiary/aromatic N) is 1. The molecule has 4 heteroatoms. The first-order chi connectivity index (χ1) is 11.8. The van der Waals surface area contributed by atoms with E-state index in [1.807, 2.05) is 48.5 Å². The Morgan fingerprint density at radius 1 is 1.04 bits per heavy atom. The van der Waals surface area contributed by atoms with Gasteiger partial charge in [0.2, 0.25) is 11.8 Å². The minimum atomic E-state index is -0.280. The molecule has 0 bridgehead atoms. The summed E-state index contributed by atoms with van der Waals surface area (Å²) in [5.74, 6) is -0.438. The Labute approximate surface area is 148 Å². The van der Waals surface area contributed by atoms with E-state index in [1.54, 1.807) is 4.90 Å². The molecule has 1 aliphatic heterocycles. The standard InChI is InChI=1S/C21H24N2O2/c1-21(2,3)16-8-10-17(11-9-16)22-19(24)14-20(25)23-13-12-15-6-4-5-7-18(15)23/h4-11H,12-14H2,1-3H3,(H,22,24). The van der Waals surface area contributed by atoms with Crippen molar-refractivity contribution >= 4 is 23.2 Å². The third-order valence-electron chi connectivity index (χ3n) is 4.53.